The highest BCUT2D eigenvalue weighted by molar-refractivity contribution is 6.09. The summed E-state index contributed by atoms with van der Waals surface area (Å²) in [5, 5.41) is 15.3. The van der Waals surface area contributed by atoms with Gasteiger partial charge in [-0.05, 0) is 74.4 Å². The zero-order valence-corrected chi connectivity index (χ0v) is 21.4. The molecule has 5 rings (SSSR count). The fourth-order valence-corrected chi connectivity index (χ4v) is 4.34. The largest absolute Gasteiger partial charge is 0.494 e. The molecule has 6 nitrogen and oxygen atoms in total. The number of aryl methyl sites for hydroxylation is 3. The molecule has 1 amide bonds. The molecule has 0 radical (unpaired) electrons. The van der Waals surface area contributed by atoms with Crippen LogP contribution in [-0.2, 0) is 0 Å². The van der Waals surface area contributed by atoms with Crippen molar-refractivity contribution in [3.63, 3.8) is 0 Å². The highest BCUT2D eigenvalue weighted by atomic mass is 16.3. The normalized spacial score (nSPS) is 11.2. The van der Waals surface area contributed by atoms with E-state index in [4.69, 9.17) is 0 Å². The van der Waals surface area contributed by atoms with Gasteiger partial charge in [0.1, 0.15) is 0 Å². The minimum Gasteiger partial charge on any atom is -0.494 e. The van der Waals surface area contributed by atoms with E-state index in [0.29, 0.717) is 39.0 Å². The molecule has 0 bridgehead atoms. The number of nitrogens with zero attached hydrogens (tertiary/aromatic N) is 2. The Hall–Kier alpha value is -4.97. The third-order valence-corrected chi connectivity index (χ3v) is 6.64. The van der Waals surface area contributed by atoms with Crippen LogP contribution in [0.25, 0.3) is 16.5 Å². The first-order valence-corrected chi connectivity index (χ1v) is 12.3. The number of anilines is 1. The van der Waals surface area contributed by atoms with Crippen LogP contribution < -0.4 is 10.9 Å². The molecule has 6 heteroatoms. The van der Waals surface area contributed by atoms with Crippen molar-refractivity contribution < 1.29 is 9.90 Å². The molecule has 4 aromatic carbocycles. The predicted octanol–water partition coefficient (Wildman–Crippen LogP) is 6.62. The molecule has 0 aliphatic heterocycles. The summed E-state index contributed by atoms with van der Waals surface area (Å²) in [6.45, 7) is 5.94. The van der Waals surface area contributed by atoms with E-state index < -0.39 is 0 Å². The SMILES string of the molecule is Cc1ccc(NC(=O)c2ccccc2N=Cc2c(O)n(-c3ccc(C)c(C)c3)c(=O)c3ccccc23)cc1. The Balaban J connectivity index is 1.60. The molecule has 1 heterocycles. The third kappa shape index (κ3) is 4.72. The molecule has 0 aliphatic rings. The van der Waals surface area contributed by atoms with Gasteiger partial charge >= 0.3 is 0 Å². The lowest BCUT2D eigenvalue weighted by molar-refractivity contribution is 0.102. The molecular formula is C32H27N3O3. The van der Waals surface area contributed by atoms with E-state index in [0.717, 1.165) is 16.7 Å². The lowest BCUT2D eigenvalue weighted by atomic mass is 10.1. The number of carbonyl (C=O) groups excluding carboxylic acids is 1. The molecule has 0 fully saturated rings. The Kier molecular flexibility index (Phi) is 6.62. The van der Waals surface area contributed by atoms with E-state index in [-0.39, 0.29) is 17.3 Å². The van der Waals surface area contributed by atoms with Crippen molar-refractivity contribution in [3.8, 4) is 11.6 Å². The summed E-state index contributed by atoms with van der Waals surface area (Å²) >= 11 is 0. The fourth-order valence-electron chi connectivity index (χ4n) is 4.34. The summed E-state index contributed by atoms with van der Waals surface area (Å²) in [6.07, 6.45) is 1.51. The third-order valence-electron chi connectivity index (χ3n) is 6.64. The maximum atomic E-state index is 13.4. The Morgan fingerprint density at radius 2 is 1.53 bits per heavy atom. The van der Waals surface area contributed by atoms with Crippen molar-refractivity contribution in [1.29, 1.82) is 0 Å². The Morgan fingerprint density at radius 1 is 0.842 bits per heavy atom. The van der Waals surface area contributed by atoms with Gasteiger partial charge in [0.15, 0.2) is 0 Å². The van der Waals surface area contributed by atoms with Crippen LogP contribution in [0.15, 0.2) is 101 Å². The topological polar surface area (TPSA) is 83.7 Å². The smallest absolute Gasteiger partial charge is 0.265 e. The summed E-state index contributed by atoms with van der Waals surface area (Å²) in [5.74, 6) is -0.516. The van der Waals surface area contributed by atoms with Gasteiger partial charge in [-0.3, -0.25) is 14.6 Å². The number of amides is 1. The van der Waals surface area contributed by atoms with E-state index in [1.54, 1.807) is 42.5 Å². The maximum Gasteiger partial charge on any atom is 0.265 e. The van der Waals surface area contributed by atoms with Crippen molar-refractivity contribution in [2.24, 2.45) is 4.99 Å². The van der Waals surface area contributed by atoms with E-state index >= 15 is 0 Å². The van der Waals surface area contributed by atoms with Crippen LogP contribution in [-0.4, -0.2) is 21.8 Å². The van der Waals surface area contributed by atoms with Gasteiger partial charge in [0.05, 0.1) is 22.5 Å². The number of carbonyl (C=O) groups is 1. The van der Waals surface area contributed by atoms with E-state index in [1.165, 1.54) is 10.8 Å². The molecular weight excluding hydrogens is 474 g/mol. The Bertz CT molecular complexity index is 1770. The van der Waals surface area contributed by atoms with Crippen molar-refractivity contribution >= 4 is 34.3 Å². The van der Waals surface area contributed by atoms with Crippen molar-refractivity contribution in [2.45, 2.75) is 20.8 Å². The first kappa shape index (κ1) is 24.7. The summed E-state index contributed by atoms with van der Waals surface area (Å²) in [6, 6.07) is 27.3. The number of aliphatic imine (C=N–C) groups is 1. The van der Waals surface area contributed by atoms with Crippen LogP contribution in [0.4, 0.5) is 11.4 Å². The number of aromatic hydroxyl groups is 1. The van der Waals surface area contributed by atoms with E-state index in [2.05, 4.69) is 10.3 Å². The minimum atomic E-state index is -0.323. The second-order valence-electron chi connectivity index (χ2n) is 9.29. The number of para-hydroxylation sites is 1. The standard InChI is InChI=1S/C32H27N3O3/c1-20-12-15-23(16-13-20)34-30(36)27-10-6-7-11-29(27)33-19-28-25-8-4-5-9-26(25)31(37)35(32(28)38)24-17-14-21(2)22(3)18-24/h4-19,38H,1-3H3,(H,34,36). The zero-order chi connectivity index (χ0) is 26.8. The van der Waals surface area contributed by atoms with Gasteiger partial charge in [-0.15, -0.1) is 0 Å². The summed E-state index contributed by atoms with van der Waals surface area (Å²) in [4.78, 5) is 31.1. The van der Waals surface area contributed by atoms with Gasteiger partial charge < -0.3 is 10.4 Å². The predicted molar refractivity (Wildman–Crippen MR) is 154 cm³/mol. The van der Waals surface area contributed by atoms with Crippen molar-refractivity contribution in [2.75, 3.05) is 5.32 Å². The molecule has 0 aliphatic carbocycles. The van der Waals surface area contributed by atoms with Crippen LogP contribution in [0.3, 0.4) is 0 Å². The quantitative estimate of drug-likeness (QED) is 0.265. The van der Waals surface area contributed by atoms with Gasteiger partial charge in [0.25, 0.3) is 11.5 Å². The van der Waals surface area contributed by atoms with Gasteiger partial charge in [0, 0.05) is 22.7 Å². The summed E-state index contributed by atoms with van der Waals surface area (Å²) in [7, 11) is 0. The zero-order valence-electron chi connectivity index (χ0n) is 21.4. The summed E-state index contributed by atoms with van der Waals surface area (Å²) in [5.41, 5.74) is 5.32. The molecule has 188 valence electrons. The monoisotopic (exact) mass is 501 g/mol. The maximum absolute atomic E-state index is 13.4. The van der Waals surface area contributed by atoms with Crippen molar-refractivity contribution in [1.82, 2.24) is 4.57 Å². The molecule has 5 aromatic rings. The second kappa shape index (κ2) is 10.2. The highest BCUT2D eigenvalue weighted by Crippen LogP contribution is 2.28. The van der Waals surface area contributed by atoms with Gasteiger partial charge in [-0.1, -0.05) is 54.1 Å². The molecule has 1 aromatic heterocycles. The van der Waals surface area contributed by atoms with E-state index in [9.17, 15) is 14.7 Å². The number of benzene rings is 4. The lowest BCUT2D eigenvalue weighted by Gasteiger charge is -2.15. The number of nitrogens with one attached hydrogen (secondary N) is 1. The fraction of sp³-hybridized carbons (Fsp3) is 0.0938. The Labute approximate surface area is 220 Å². The highest BCUT2D eigenvalue weighted by Gasteiger charge is 2.17. The van der Waals surface area contributed by atoms with Gasteiger partial charge in [-0.25, -0.2) is 4.57 Å². The first-order chi connectivity index (χ1) is 18.3. The molecule has 0 saturated carbocycles. The first-order valence-electron chi connectivity index (χ1n) is 12.3. The minimum absolute atomic E-state index is 0.220. The van der Waals surface area contributed by atoms with Crippen LogP contribution in [0.5, 0.6) is 5.88 Å². The van der Waals surface area contributed by atoms with Crippen LogP contribution in [0, 0.1) is 20.8 Å². The second-order valence-corrected chi connectivity index (χ2v) is 9.29. The van der Waals surface area contributed by atoms with Gasteiger partial charge in [0.2, 0.25) is 5.88 Å². The molecule has 0 saturated heterocycles. The van der Waals surface area contributed by atoms with Gasteiger partial charge in [-0.2, -0.15) is 0 Å². The number of aromatic nitrogens is 1. The number of hydrogen-bond donors (Lipinski definition) is 2. The number of hydrogen-bond acceptors (Lipinski definition) is 4. The number of fused-ring (bicyclic) bond motifs is 1. The molecule has 0 atom stereocenters. The Morgan fingerprint density at radius 3 is 2.26 bits per heavy atom. The molecule has 38 heavy (non-hydrogen) atoms. The van der Waals surface area contributed by atoms with Crippen LogP contribution >= 0.6 is 0 Å². The average molecular weight is 502 g/mol. The average Bonchev–Trinajstić information content (AvgIpc) is 2.92. The van der Waals surface area contributed by atoms with Crippen LogP contribution in [0.2, 0.25) is 0 Å². The van der Waals surface area contributed by atoms with E-state index in [1.807, 2.05) is 69.3 Å². The van der Waals surface area contributed by atoms with Crippen molar-refractivity contribution in [3.05, 3.63) is 129 Å². The number of pyridine rings is 1. The number of rotatable bonds is 5. The molecule has 0 spiro atoms. The lowest BCUT2D eigenvalue weighted by Crippen LogP contribution is -2.20. The molecule has 0 unspecified atom stereocenters. The van der Waals surface area contributed by atoms with Crippen LogP contribution in [0.1, 0.15) is 32.6 Å². The summed E-state index contributed by atoms with van der Waals surface area (Å²) < 4.78 is 1.30. The molecule has 2 N–H and O–H groups in total.